The van der Waals surface area contributed by atoms with Crippen molar-refractivity contribution < 1.29 is 4.74 Å². The molecule has 2 rings (SSSR count). The molecule has 0 aliphatic rings. The van der Waals surface area contributed by atoms with E-state index in [4.69, 9.17) is 10.5 Å². The lowest BCUT2D eigenvalue weighted by Crippen LogP contribution is -2.11. The summed E-state index contributed by atoms with van der Waals surface area (Å²) in [5.74, 6) is 0.911. The second-order valence-electron chi connectivity index (χ2n) is 3.62. The van der Waals surface area contributed by atoms with Gasteiger partial charge in [-0.3, -0.25) is 0 Å². The topological polar surface area (TPSA) is 40.2 Å². The number of hydrogen-bond acceptors (Lipinski definition) is 2. The third-order valence-corrected chi connectivity index (χ3v) is 2.66. The van der Waals surface area contributed by atoms with Gasteiger partial charge in [-0.2, -0.15) is 0 Å². The zero-order valence-corrected chi connectivity index (χ0v) is 9.16. The minimum atomic E-state index is 0.642. The van der Waals surface area contributed by atoms with Crippen LogP contribution in [0.5, 0.6) is 5.75 Å². The molecule has 3 heteroatoms. The van der Waals surface area contributed by atoms with Crippen LogP contribution >= 0.6 is 0 Å². The first-order valence-corrected chi connectivity index (χ1v) is 5.11. The van der Waals surface area contributed by atoms with E-state index in [2.05, 4.69) is 23.6 Å². The zero-order chi connectivity index (χ0) is 10.8. The van der Waals surface area contributed by atoms with Gasteiger partial charge in [0.15, 0.2) is 0 Å². The van der Waals surface area contributed by atoms with Crippen molar-refractivity contribution in [3.63, 3.8) is 0 Å². The van der Waals surface area contributed by atoms with Gasteiger partial charge in [0.2, 0.25) is 0 Å². The average molecular weight is 204 g/mol. The fourth-order valence-corrected chi connectivity index (χ4v) is 2.01. The van der Waals surface area contributed by atoms with Crippen molar-refractivity contribution in [2.24, 2.45) is 5.73 Å². The van der Waals surface area contributed by atoms with E-state index in [0.29, 0.717) is 6.54 Å². The molecule has 0 radical (unpaired) electrons. The maximum absolute atomic E-state index is 5.61. The van der Waals surface area contributed by atoms with Crippen molar-refractivity contribution in [2.45, 2.75) is 13.5 Å². The molecule has 0 aliphatic carbocycles. The molecule has 2 N–H and O–H groups in total. The summed E-state index contributed by atoms with van der Waals surface area (Å²) >= 11 is 0. The predicted molar refractivity (Wildman–Crippen MR) is 62.3 cm³/mol. The third kappa shape index (κ3) is 1.59. The largest absolute Gasteiger partial charge is 0.495 e. The molecule has 0 saturated heterocycles. The van der Waals surface area contributed by atoms with Gasteiger partial charge in [0, 0.05) is 24.2 Å². The number of aromatic nitrogens is 1. The van der Waals surface area contributed by atoms with Crippen molar-refractivity contribution in [1.29, 1.82) is 0 Å². The summed E-state index contributed by atoms with van der Waals surface area (Å²) in [6.45, 7) is 3.56. The SMILES string of the molecule is COc1cccc2cc(C)n(CCN)c12. The molecular weight excluding hydrogens is 188 g/mol. The molecule has 0 atom stereocenters. The maximum Gasteiger partial charge on any atom is 0.143 e. The van der Waals surface area contributed by atoms with Crippen LogP contribution in [0.1, 0.15) is 5.69 Å². The molecule has 15 heavy (non-hydrogen) atoms. The highest BCUT2D eigenvalue weighted by molar-refractivity contribution is 5.87. The number of methoxy groups -OCH3 is 1. The Hall–Kier alpha value is -1.48. The van der Waals surface area contributed by atoms with Crippen LogP contribution < -0.4 is 10.5 Å². The normalized spacial score (nSPS) is 10.9. The second kappa shape index (κ2) is 3.95. The van der Waals surface area contributed by atoms with Crippen LogP contribution in [0.4, 0.5) is 0 Å². The lowest BCUT2D eigenvalue weighted by molar-refractivity contribution is 0.417. The average Bonchev–Trinajstić information content (AvgIpc) is 2.56. The number of nitrogens with two attached hydrogens (primary N) is 1. The Labute approximate surface area is 89.4 Å². The first-order valence-electron chi connectivity index (χ1n) is 5.11. The number of aryl methyl sites for hydroxylation is 1. The number of fused-ring (bicyclic) bond motifs is 1. The second-order valence-corrected chi connectivity index (χ2v) is 3.62. The van der Waals surface area contributed by atoms with E-state index in [1.807, 2.05) is 12.1 Å². The van der Waals surface area contributed by atoms with Gasteiger partial charge in [0.1, 0.15) is 5.75 Å². The molecule has 3 nitrogen and oxygen atoms in total. The standard InChI is InChI=1S/C12H16N2O/c1-9-8-10-4-3-5-11(15-2)12(10)14(9)7-6-13/h3-5,8H,6-7,13H2,1-2H3. The molecule has 0 saturated carbocycles. The number of benzene rings is 1. The van der Waals surface area contributed by atoms with Crippen LogP contribution in [0.3, 0.4) is 0 Å². The molecule has 0 amide bonds. The molecule has 1 aromatic heterocycles. The molecule has 1 aromatic carbocycles. The van der Waals surface area contributed by atoms with Gasteiger partial charge in [-0.25, -0.2) is 0 Å². The molecule has 0 bridgehead atoms. The summed E-state index contributed by atoms with van der Waals surface area (Å²) in [5.41, 5.74) is 7.97. The Bertz CT molecular complexity index is 474. The van der Waals surface area contributed by atoms with E-state index in [1.54, 1.807) is 7.11 Å². The van der Waals surface area contributed by atoms with Crippen LogP contribution in [0.25, 0.3) is 10.9 Å². The first kappa shape index (κ1) is 10.1. The van der Waals surface area contributed by atoms with Crippen molar-refractivity contribution in [1.82, 2.24) is 4.57 Å². The van der Waals surface area contributed by atoms with Crippen molar-refractivity contribution in [3.05, 3.63) is 30.0 Å². The van der Waals surface area contributed by atoms with Gasteiger partial charge in [-0.1, -0.05) is 12.1 Å². The van der Waals surface area contributed by atoms with Crippen molar-refractivity contribution >= 4 is 10.9 Å². The van der Waals surface area contributed by atoms with E-state index in [1.165, 1.54) is 11.1 Å². The molecule has 2 aromatic rings. The first-order chi connectivity index (χ1) is 7.27. The van der Waals surface area contributed by atoms with Crippen LogP contribution in [0.15, 0.2) is 24.3 Å². The van der Waals surface area contributed by atoms with Gasteiger partial charge < -0.3 is 15.0 Å². The fourth-order valence-electron chi connectivity index (χ4n) is 2.01. The van der Waals surface area contributed by atoms with Gasteiger partial charge in [0.05, 0.1) is 12.6 Å². The van der Waals surface area contributed by atoms with Crippen LogP contribution in [-0.2, 0) is 6.54 Å². The minimum absolute atomic E-state index is 0.642. The molecule has 0 unspecified atom stereocenters. The Morgan fingerprint density at radius 3 is 2.87 bits per heavy atom. The summed E-state index contributed by atoms with van der Waals surface area (Å²) in [4.78, 5) is 0. The highest BCUT2D eigenvalue weighted by Crippen LogP contribution is 2.28. The molecule has 1 heterocycles. The third-order valence-electron chi connectivity index (χ3n) is 2.66. The summed E-state index contributed by atoms with van der Waals surface area (Å²) in [5, 5.41) is 1.21. The Balaban J connectivity index is 2.71. The van der Waals surface area contributed by atoms with Crippen molar-refractivity contribution in [3.8, 4) is 5.75 Å². The summed E-state index contributed by atoms with van der Waals surface area (Å²) < 4.78 is 7.57. The van der Waals surface area contributed by atoms with Crippen LogP contribution in [-0.4, -0.2) is 18.2 Å². The monoisotopic (exact) mass is 204 g/mol. The van der Waals surface area contributed by atoms with E-state index in [0.717, 1.165) is 17.8 Å². The van der Waals surface area contributed by atoms with Crippen LogP contribution in [0, 0.1) is 6.92 Å². The summed E-state index contributed by atoms with van der Waals surface area (Å²) in [6, 6.07) is 8.24. The van der Waals surface area contributed by atoms with E-state index in [-0.39, 0.29) is 0 Å². The number of rotatable bonds is 3. The number of hydrogen-bond donors (Lipinski definition) is 1. The highest BCUT2D eigenvalue weighted by Gasteiger charge is 2.09. The molecule has 80 valence electrons. The quantitative estimate of drug-likeness (QED) is 0.829. The predicted octanol–water partition coefficient (Wildman–Crippen LogP) is 1.92. The number of ether oxygens (including phenoxy) is 1. The summed E-state index contributed by atoms with van der Waals surface area (Å²) in [7, 11) is 1.70. The molecule has 0 fully saturated rings. The Morgan fingerprint density at radius 2 is 2.20 bits per heavy atom. The molecule has 0 aliphatic heterocycles. The zero-order valence-electron chi connectivity index (χ0n) is 9.16. The Kier molecular flexibility index (Phi) is 2.64. The van der Waals surface area contributed by atoms with Crippen LogP contribution in [0.2, 0.25) is 0 Å². The number of nitrogens with zero attached hydrogens (tertiary/aromatic N) is 1. The van der Waals surface area contributed by atoms with E-state index < -0.39 is 0 Å². The minimum Gasteiger partial charge on any atom is -0.495 e. The molecule has 0 spiro atoms. The highest BCUT2D eigenvalue weighted by atomic mass is 16.5. The van der Waals surface area contributed by atoms with Gasteiger partial charge in [0.25, 0.3) is 0 Å². The van der Waals surface area contributed by atoms with Gasteiger partial charge in [-0.15, -0.1) is 0 Å². The van der Waals surface area contributed by atoms with E-state index in [9.17, 15) is 0 Å². The van der Waals surface area contributed by atoms with Gasteiger partial charge in [-0.05, 0) is 19.1 Å². The molecular formula is C12H16N2O. The smallest absolute Gasteiger partial charge is 0.143 e. The lowest BCUT2D eigenvalue weighted by Gasteiger charge is -2.09. The van der Waals surface area contributed by atoms with Gasteiger partial charge >= 0.3 is 0 Å². The fraction of sp³-hybridized carbons (Fsp3) is 0.333. The maximum atomic E-state index is 5.61. The number of para-hydroxylation sites is 1. The van der Waals surface area contributed by atoms with E-state index >= 15 is 0 Å². The van der Waals surface area contributed by atoms with Crippen molar-refractivity contribution in [2.75, 3.05) is 13.7 Å². The summed E-state index contributed by atoms with van der Waals surface area (Å²) in [6.07, 6.45) is 0. The lowest BCUT2D eigenvalue weighted by atomic mass is 10.2. The Morgan fingerprint density at radius 1 is 1.40 bits per heavy atom.